The molecule has 13 nitrogen and oxygen atoms in total. The Morgan fingerprint density at radius 3 is 1.58 bits per heavy atom. The molecule has 1 aliphatic carbocycles. The monoisotopic (exact) mass is 931 g/mol. The zero-order valence-electron chi connectivity index (χ0n) is 39.5. The van der Waals surface area contributed by atoms with Gasteiger partial charge in [-0.2, -0.15) is 9.97 Å². The second-order valence-corrected chi connectivity index (χ2v) is 20.6. The molecule has 1 spiro atoms. The molecule has 0 unspecified atom stereocenters. The minimum absolute atomic E-state index is 0.0202. The molecular formula is C50H64ClF2N7O6. The molecule has 66 heavy (non-hydrogen) atoms. The fourth-order valence-electron chi connectivity index (χ4n) is 8.64. The van der Waals surface area contributed by atoms with Gasteiger partial charge in [-0.1, -0.05) is 38.1 Å². The van der Waals surface area contributed by atoms with Crippen LogP contribution < -0.4 is 24.2 Å². The van der Waals surface area contributed by atoms with Crippen LogP contribution in [0.3, 0.4) is 0 Å². The Morgan fingerprint density at radius 1 is 0.682 bits per heavy atom. The predicted octanol–water partition coefficient (Wildman–Crippen LogP) is 9.86. The van der Waals surface area contributed by atoms with Gasteiger partial charge in [0.25, 0.3) is 0 Å². The van der Waals surface area contributed by atoms with E-state index in [0.29, 0.717) is 56.2 Å². The van der Waals surface area contributed by atoms with Crippen LogP contribution in [0.15, 0.2) is 60.9 Å². The zero-order valence-corrected chi connectivity index (χ0v) is 40.2. The fourth-order valence-corrected chi connectivity index (χ4v) is 8.77. The quantitative estimate of drug-likeness (QED) is 0.0932. The van der Waals surface area contributed by atoms with E-state index in [1.165, 1.54) is 25.5 Å². The number of anilines is 3. The number of rotatable bonds is 13. The van der Waals surface area contributed by atoms with Gasteiger partial charge in [0.1, 0.15) is 34.9 Å². The summed E-state index contributed by atoms with van der Waals surface area (Å²) in [5, 5.41) is 0.0202. The number of esters is 2. The maximum Gasteiger partial charge on any atom is 0.306 e. The molecule has 3 aliphatic heterocycles. The number of benzene rings is 2. The van der Waals surface area contributed by atoms with Gasteiger partial charge in [0, 0.05) is 39.0 Å². The molecule has 2 aromatic carbocycles. The Balaban J connectivity index is 0.000000200. The summed E-state index contributed by atoms with van der Waals surface area (Å²) < 4.78 is 51.7. The van der Waals surface area contributed by atoms with Crippen LogP contribution in [0.4, 0.5) is 26.4 Å². The van der Waals surface area contributed by atoms with Crippen molar-refractivity contribution in [1.29, 1.82) is 0 Å². The second kappa shape index (κ2) is 20.3. The summed E-state index contributed by atoms with van der Waals surface area (Å²) in [5.41, 5.74) is 1.61. The highest BCUT2D eigenvalue weighted by Gasteiger charge is 2.48. The summed E-state index contributed by atoms with van der Waals surface area (Å²) >= 11 is 5.79. The molecule has 0 N–H and O–H groups in total. The highest BCUT2D eigenvalue weighted by atomic mass is 35.5. The van der Waals surface area contributed by atoms with E-state index >= 15 is 0 Å². The number of carbonyl (C=O) groups is 2. The van der Waals surface area contributed by atoms with Gasteiger partial charge in [-0.05, 0) is 125 Å². The number of hydrogen-bond donors (Lipinski definition) is 0. The van der Waals surface area contributed by atoms with Crippen molar-refractivity contribution in [3.8, 4) is 11.5 Å². The molecule has 356 valence electrons. The second-order valence-electron chi connectivity index (χ2n) is 20.3. The summed E-state index contributed by atoms with van der Waals surface area (Å²) in [6.45, 7) is 19.6. The topological polar surface area (TPSA) is 132 Å². The lowest BCUT2D eigenvalue weighted by molar-refractivity contribution is -0.156. The first kappa shape index (κ1) is 48.6. The zero-order chi connectivity index (χ0) is 47.4. The normalized spacial score (nSPS) is 19.8. The summed E-state index contributed by atoms with van der Waals surface area (Å²) in [7, 11) is 0. The third-order valence-corrected chi connectivity index (χ3v) is 12.4. The van der Waals surface area contributed by atoms with E-state index in [4.69, 9.17) is 30.5 Å². The lowest BCUT2D eigenvalue weighted by Gasteiger charge is -2.22. The van der Waals surface area contributed by atoms with Gasteiger partial charge in [-0.15, -0.1) is 0 Å². The first-order valence-corrected chi connectivity index (χ1v) is 23.5. The van der Waals surface area contributed by atoms with Crippen LogP contribution in [-0.2, 0) is 19.1 Å². The lowest BCUT2D eigenvalue weighted by atomic mass is 9.98. The standard InChI is InChI=1S/C28H37FN4O3.C22H27ClFN3O3/c1-19(15-24(34)36-27(2,3)4)20-5-7-21(8-6-20)35-22-9-13-32(17-22)25-23(29)16-30-26(31-25)33-14-12-28(18-33)10-11-28;1-14(11-19(28)30-22(2,3)4)15-5-7-16(8-6-15)29-17-9-10-27(13-17)20-18(24)12-25-21(23)26-20/h5-8,16,19,22H,9-15,17-18H2,1-4H3;5-8,12,14,17H,9-11,13H2,1-4H3/t19-,22-;14-,17-/m11/s1. The first-order valence-electron chi connectivity index (χ1n) is 23.1. The van der Waals surface area contributed by atoms with Gasteiger partial charge in [-0.25, -0.2) is 18.7 Å². The minimum atomic E-state index is -0.497. The number of carbonyl (C=O) groups excluding carboxylic acids is 2. The molecule has 0 radical (unpaired) electrons. The smallest absolute Gasteiger partial charge is 0.306 e. The van der Waals surface area contributed by atoms with E-state index in [9.17, 15) is 18.4 Å². The number of halogens is 3. The Morgan fingerprint density at radius 2 is 1.14 bits per heavy atom. The van der Waals surface area contributed by atoms with Crippen molar-refractivity contribution < 1.29 is 37.3 Å². The van der Waals surface area contributed by atoms with Crippen LogP contribution in [0.2, 0.25) is 5.28 Å². The van der Waals surface area contributed by atoms with E-state index in [0.717, 1.165) is 54.8 Å². The van der Waals surface area contributed by atoms with Crippen LogP contribution in [-0.4, -0.2) is 94.6 Å². The van der Waals surface area contributed by atoms with Crippen LogP contribution in [0, 0.1) is 17.0 Å². The third-order valence-electron chi connectivity index (χ3n) is 12.3. The highest BCUT2D eigenvalue weighted by Crippen LogP contribution is 2.53. The highest BCUT2D eigenvalue weighted by molar-refractivity contribution is 6.28. The molecular weight excluding hydrogens is 868 g/mol. The molecule has 3 saturated heterocycles. The SMILES string of the molecule is C[C@H](CC(=O)OC(C)(C)C)c1ccc(O[C@@H]2CCN(c3nc(Cl)ncc3F)C2)cc1.C[C@H](CC(=O)OC(C)(C)C)c1ccc(O[C@@H]2CCN(c3nc(N4CCC5(CC5)C4)ncc3F)C2)cc1. The van der Waals surface area contributed by atoms with Crippen LogP contribution in [0.5, 0.6) is 11.5 Å². The number of ether oxygens (including phenoxy) is 4. The van der Waals surface area contributed by atoms with E-state index in [2.05, 4.69) is 24.8 Å². The molecule has 4 atom stereocenters. The van der Waals surface area contributed by atoms with Gasteiger partial charge >= 0.3 is 11.9 Å². The maximum absolute atomic E-state index is 14.7. The Labute approximate surface area is 392 Å². The average molecular weight is 933 g/mol. The Bertz CT molecular complexity index is 2300. The van der Waals surface area contributed by atoms with Crippen LogP contribution >= 0.6 is 11.6 Å². The van der Waals surface area contributed by atoms with Crippen molar-refractivity contribution in [2.45, 2.75) is 136 Å². The fraction of sp³-hybridized carbons (Fsp3) is 0.560. The van der Waals surface area contributed by atoms with Gasteiger partial charge in [0.05, 0.1) is 38.3 Å². The first-order chi connectivity index (χ1) is 31.2. The molecule has 0 bridgehead atoms. The van der Waals surface area contributed by atoms with Crippen LogP contribution in [0.25, 0.3) is 0 Å². The van der Waals surface area contributed by atoms with Gasteiger partial charge in [0.15, 0.2) is 23.3 Å². The van der Waals surface area contributed by atoms with E-state index in [1.54, 1.807) is 0 Å². The van der Waals surface area contributed by atoms with Crippen LogP contribution in [0.1, 0.15) is 123 Å². The average Bonchev–Trinajstić information content (AvgIpc) is 3.53. The van der Waals surface area contributed by atoms with Crippen molar-refractivity contribution >= 4 is 41.1 Å². The van der Waals surface area contributed by atoms with Crippen molar-refractivity contribution in [2.75, 3.05) is 54.0 Å². The predicted molar refractivity (Wildman–Crippen MR) is 251 cm³/mol. The molecule has 4 fully saturated rings. The van der Waals surface area contributed by atoms with Gasteiger partial charge < -0.3 is 33.6 Å². The van der Waals surface area contributed by atoms with E-state index in [1.807, 2.05) is 114 Å². The number of nitrogens with zero attached hydrogens (tertiary/aromatic N) is 7. The molecule has 2 aromatic heterocycles. The summed E-state index contributed by atoms with van der Waals surface area (Å²) in [5.74, 6) is 1.51. The van der Waals surface area contributed by atoms with Crippen molar-refractivity contribution in [1.82, 2.24) is 19.9 Å². The van der Waals surface area contributed by atoms with Gasteiger partial charge in [0.2, 0.25) is 11.2 Å². The third kappa shape index (κ3) is 13.4. The van der Waals surface area contributed by atoms with E-state index < -0.39 is 17.0 Å². The van der Waals surface area contributed by atoms with E-state index in [-0.39, 0.29) is 52.9 Å². The number of hydrogen-bond acceptors (Lipinski definition) is 13. The summed E-state index contributed by atoms with van der Waals surface area (Å²) in [4.78, 5) is 46.7. The molecule has 1 saturated carbocycles. The maximum atomic E-state index is 14.7. The van der Waals surface area contributed by atoms with Crippen molar-refractivity contribution in [3.05, 3.63) is 89.0 Å². The molecule has 16 heteroatoms. The van der Waals surface area contributed by atoms with Crippen molar-refractivity contribution in [3.63, 3.8) is 0 Å². The molecule has 5 heterocycles. The summed E-state index contributed by atoms with van der Waals surface area (Å²) in [6.07, 6.45) is 8.21. The Kier molecular flexibility index (Phi) is 14.9. The summed E-state index contributed by atoms with van der Waals surface area (Å²) in [6, 6.07) is 15.6. The number of aromatic nitrogens is 4. The van der Waals surface area contributed by atoms with Crippen molar-refractivity contribution in [2.24, 2.45) is 5.41 Å². The van der Waals surface area contributed by atoms with Gasteiger partial charge in [-0.3, -0.25) is 9.59 Å². The Hall–Kier alpha value is -5.31. The molecule has 8 rings (SSSR count). The molecule has 4 aromatic rings. The molecule has 0 amide bonds. The largest absolute Gasteiger partial charge is 0.489 e. The molecule has 4 aliphatic rings. The lowest BCUT2D eigenvalue weighted by Crippen LogP contribution is -2.28. The minimum Gasteiger partial charge on any atom is -0.489 e.